The van der Waals surface area contributed by atoms with Crippen LogP contribution in [0.2, 0.25) is 5.15 Å². The number of nitrogens with two attached hydrogens (primary N) is 1. The quantitative estimate of drug-likeness (QED) is 0.724. The molecular weight excluding hydrogens is 356 g/mol. The van der Waals surface area contributed by atoms with Crippen molar-refractivity contribution >= 4 is 17.5 Å². The average Bonchev–Trinajstić information content (AvgIpc) is 3.19. The third-order valence-electron chi connectivity index (χ3n) is 5.36. The van der Waals surface area contributed by atoms with Crippen molar-refractivity contribution in [1.29, 1.82) is 0 Å². The van der Waals surface area contributed by atoms with Gasteiger partial charge in [0.1, 0.15) is 18.4 Å². The lowest BCUT2D eigenvalue weighted by atomic mass is 10.2. The van der Waals surface area contributed by atoms with Gasteiger partial charge in [-0.2, -0.15) is 4.98 Å². The Kier molecular flexibility index (Phi) is 6.21. The first-order valence-corrected chi connectivity index (χ1v) is 9.50. The van der Waals surface area contributed by atoms with Gasteiger partial charge in [0.2, 0.25) is 0 Å². The Bertz CT molecular complexity index is 658. The molecule has 1 aromatic rings. The number of likely N-dealkylation sites (N-methyl/N-ethyl adjacent to an activating group) is 2. The number of rotatable bonds is 7. The number of hydrogen-bond acceptors (Lipinski definition) is 6. The van der Waals surface area contributed by atoms with E-state index in [0.29, 0.717) is 36.9 Å². The van der Waals surface area contributed by atoms with E-state index >= 15 is 0 Å². The number of carbonyl (C=O) groups is 1. The highest BCUT2D eigenvalue weighted by molar-refractivity contribution is 6.32. The molecule has 0 aromatic carbocycles. The highest BCUT2D eigenvalue weighted by Crippen LogP contribution is 2.31. The van der Waals surface area contributed by atoms with Crippen molar-refractivity contribution in [2.75, 3.05) is 40.4 Å². The normalized spacial score (nSPS) is 24.1. The predicted molar refractivity (Wildman–Crippen MR) is 100 cm³/mol. The van der Waals surface area contributed by atoms with E-state index in [1.54, 1.807) is 6.07 Å². The molecule has 0 spiro atoms. The number of carbonyl (C=O) groups excluding carboxylic acids is 1. The number of hydrogen-bond donors (Lipinski definition) is 1. The lowest BCUT2D eigenvalue weighted by Crippen LogP contribution is -2.32. The molecule has 7 nitrogen and oxygen atoms in total. The molecular formula is C18H27ClN4O3. The molecule has 1 aromatic heterocycles. The summed E-state index contributed by atoms with van der Waals surface area (Å²) in [7, 11) is 4.17. The van der Waals surface area contributed by atoms with Crippen LogP contribution in [-0.2, 0) is 0 Å². The summed E-state index contributed by atoms with van der Waals surface area (Å²) in [5.74, 6) is 0.109. The summed E-state index contributed by atoms with van der Waals surface area (Å²) < 4.78 is 11.9. The van der Waals surface area contributed by atoms with Crippen molar-refractivity contribution in [2.24, 2.45) is 5.73 Å². The maximum Gasteiger partial charge on any atom is 0.258 e. The number of nitrogens with zero attached hydrogens (tertiary/aromatic N) is 3. The summed E-state index contributed by atoms with van der Waals surface area (Å²) in [6.07, 6.45) is 4.50. The number of likely N-dealkylation sites (tertiary alicyclic amines) is 2. The minimum absolute atomic E-state index is 0.0395. The molecule has 2 fully saturated rings. The van der Waals surface area contributed by atoms with E-state index in [4.69, 9.17) is 26.8 Å². The smallest absolute Gasteiger partial charge is 0.258 e. The molecule has 3 rings (SSSR count). The van der Waals surface area contributed by atoms with Gasteiger partial charge >= 0.3 is 0 Å². The maximum atomic E-state index is 11.6. The van der Waals surface area contributed by atoms with Gasteiger partial charge in [0, 0.05) is 18.2 Å². The summed E-state index contributed by atoms with van der Waals surface area (Å²) in [4.78, 5) is 20.4. The largest absolute Gasteiger partial charge is 0.486 e. The molecule has 8 heteroatoms. The molecule has 2 aliphatic heterocycles. The van der Waals surface area contributed by atoms with Crippen molar-refractivity contribution in [3.8, 4) is 11.6 Å². The number of aromatic nitrogens is 1. The van der Waals surface area contributed by atoms with Crippen molar-refractivity contribution < 1.29 is 14.3 Å². The topological polar surface area (TPSA) is 80.9 Å². The Morgan fingerprint density at radius 3 is 2.27 bits per heavy atom. The zero-order valence-electron chi connectivity index (χ0n) is 15.4. The van der Waals surface area contributed by atoms with Crippen LogP contribution in [0.25, 0.3) is 0 Å². The van der Waals surface area contributed by atoms with Crippen molar-refractivity contribution in [3.05, 3.63) is 16.8 Å². The number of primary amides is 1. The first-order valence-electron chi connectivity index (χ1n) is 9.12. The summed E-state index contributed by atoms with van der Waals surface area (Å²) >= 11 is 6.10. The Hall–Kier alpha value is -1.57. The van der Waals surface area contributed by atoms with Gasteiger partial charge in [0.25, 0.3) is 11.8 Å². The lowest BCUT2D eigenvalue weighted by molar-refractivity contribution is 0.0999. The van der Waals surface area contributed by atoms with Crippen molar-refractivity contribution in [2.45, 2.75) is 37.8 Å². The van der Waals surface area contributed by atoms with Gasteiger partial charge in [-0.1, -0.05) is 11.6 Å². The number of halogens is 1. The molecule has 0 radical (unpaired) electrons. The second-order valence-electron chi connectivity index (χ2n) is 7.17. The molecule has 2 saturated heterocycles. The minimum atomic E-state index is -0.632. The fourth-order valence-electron chi connectivity index (χ4n) is 3.58. The second kappa shape index (κ2) is 8.41. The molecule has 0 saturated carbocycles. The Labute approximate surface area is 159 Å². The second-order valence-corrected chi connectivity index (χ2v) is 7.53. The first kappa shape index (κ1) is 19.2. The monoisotopic (exact) mass is 382 g/mol. The van der Waals surface area contributed by atoms with Gasteiger partial charge in [-0.05, 0) is 52.9 Å². The van der Waals surface area contributed by atoms with Gasteiger partial charge in [-0.15, -0.1) is 0 Å². The SMILES string of the molecule is CN1CCC[C@@H]1COc1cc(C(N)=O)c(Cl)nc1OC[C@H]1CCCN1C. The third kappa shape index (κ3) is 4.39. The van der Waals surface area contributed by atoms with Crippen LogP contribution < -0.4 is 15.2 Å². The average molecular weight is 383 g/mol. The van der Waals surface area contributed by atoms with E-state index in [1.165, 1.54) is 0 Å². The van der Waals surface area contributed by atoms with E-state index in [9.17, 15) is 4.79 Å². The number of ether oxygens (including phenoxy) is 2. The van der Waals surface area contributed by atoms with E-state index in [1.807, 2.05) is 0 Å². The van der Waals surface area contributed by atoms with Crippen LogP contribution >= 0.6 is 11.6 Å². The number of pyridine rings is 1. The standard InChI is InChI=1S/C18H27ClN4O3/c1-22-7-3-5-12(22)10-25-15-9-14(17(20)24)16(19)21-18(15)26-11-13-6-4-8-23(13)2/h9,12-13H,3-8,10-11H2,1-2H3,(H2,20,24)/t12-,13-/m1/s1. The van der Waals surface area contributed by atoms with Gasteiger partial charge in [0.15, 0.2) is 5.75 Å². The van der Waals surface area contributed by atoms with Crippen molar-refractivity contribution in [1.82, 2.24) is 14.8 Å². The van der Waals surface area contributed by atoms with Crippen molar-refractivity contribution in [3.63, 3.8) is 0 Å². The molecule has 2 N–H and O–H groups in total. The Morgan fingerprint density at radius 1 is 1.19 bits per heavy atom. The molecule has 3 heterocycles. The van der Waals surface area contributed by atoms with Gasteiger partial charge in [0.05, 0.1) is 5.56 Å². The molecule has 1 amide bonds. The summed E-state index contributed by atoms with van der Waals surface area (Å²) in [6, 6.07) is 2.23. The van der Waals surface area contributed by atoms with E-state index < -0.39 is 5.91 Å². The third-order valence-corrected chi connectivity index (χ3v) is 5.65. The van der Waals surface area contributed by atoms with Gasteiger partial charge < -0.3 is 25.0 Å². The van der Waals surface area contributed by atoms with E-state index in [-0.39, 0.29) is 10.7 Å². The number of amides is 1. The van der Waals surface area contributed by atoms with Crippen LogP contribution in [0.5, 0.6) is 11.6 Å². The minimum Gasteiger partial charge on any atom is -0.486 e. The first-order chi connectivity index (χ1) is 12.5. The van der Waals surface area contributed by atoms with E-state index in [0.717, 1.165) is 38.8 Å². The van der Waals surface area contributed by atoms with Gasteiger partial charge in [-0.25, -0.2) is 0 Å². The van der Waals surface area contributed by atoms with Crippen LogP contribution in [0.1, 0.15) is 36.0 Å². The molecule has 0 unspecified atom stereocenters. The fraction of sp³-hybridized carbons (Fsp3) is 0.667. The zero-order chi connectivity index (χ0) is 18.7. The summed E-state index contributed by atoms with van der Waals surface area (Å²) in [6.45, 7) is 3.16. The van der Waals surface area contributed by atoms with Crippen LogP contribution in [0.15, 0.2) is 6.07 Å². The van der Waals surface area contributed by atoms with Gasteiger partial charge in [-0.3, -0.25) is 4.79 Å². The molecule has 2 atom stereocenters. The van der Waals surface area contributed by atoms with Crippen LogP contribution in [0.4, 0.5) is 0 Å². The highest BCUT2D eigenvalue weighted by atomic mass is 35.5. The summed E-state index contributed by atoms with van der Waals surface area (Å²) in [5.41, 5.74) is 5.54. The molecule has 2 aliphatic rings. The van der Waals surface area contributed by atoms with Crippen LogP contribution in [-0.4, -0.2) is 73.2 Å². The molecule has 0 aliphatic carbocycles. The Morgan fingerprint density at radius 2 is 1.77 bits per heavy atom. The van der Waals surface area contributed by atoms with Crippen LogP contribution in [0.3, 0.4) is 0 Å². The molecule has 144 valence electrons. The fourth-order valence-corrected chi connectivity index (χ4v) is 3.80. The zero-order valence-corrected chi connectivity index (χ0v) is 16.2. The molecule has 26 heavy (non-hydrogen) atoms. The van der Waals surface area contributed by atoms with Crippen LogP contribution in [0, 0.1) is 0 Å². The summed E-state index contributed by atoms with van der Waals surface area (Å²) in [5, 5.41) is 0.0395. The Balaban J connectivity index is 1.74. The highest BCUT2D eigenvalue weighted by Gasteiger charge is 2.25. The maximum absolute atomic E-state index is 11.6. The molecule has 0 bridgehead atoms. The predicted octanol–water partition coefficient (Wildman–Crippen LogP) is 1.78. The lowest BCUT2D eigenvalue weighted by Gasteiger charge is -2.22. The van der Waals surface area contributed by atoms with E-state index in [2.05, 4.69) is 28.9 Å².